The lowest BCUT2D eigenvalue weighted by molar-refractivity contribution is 0.00737. The van der Waals surface area contributed by atoms with E-state index in [-0.39, 0.29) is 12.1 Å². The molecule has 0 radical (unpaired) electrons. The number of hydrazine groups is 1. The Morgan fingerprint density at radius 2 is 2.00 bits per heavy atom. The summed E-state index contributed by atoms with van der Waals surface area (Å²) in [6.45, 7) is 0. The molecule has 0 aliphatic heterocycles. The summed E-state index contributed by atoms with van der Waals surface area (Å²) >= 11 is 0. The van der Waals surface area contributed by atoms with Crippen LogP contribution in [-0.4, -0.2) is 25.3 Å². The van der Waals surface area contributed by atoms with Crippen LogP contribution in [0, 0.1) is 5.92 Å². The minimum atomic E-state index is -0.0642. The molecule has 112 valence electrons. The average Bonchev–Trinajstić information content (AvgIpc) is 2.53. The molecule has 1 aromatic heterocycles. The molecule has 1 saturated carbocycles. The van der Waals surface area contributed by atoms with Gasteiger partial charge < -0.3 is 9.47 Å². The van der Waals surface area contributed by atoms with Gasteiger partial charge in [0.1, 0.15) is 5.75 Å². The molecule has 1 heterocycles. The number of rotatable bonds is 6. The number of aromatic nitrogens is 1. The van der Waals surface area contributed by atoms with Gasteiger partial charge in [-0.15, -0.1) is 0 Å². The topological polar surface area (TPSA) is 69.4 Å². The Kier molecular flexibility index (Phi) is 5.76. The van der Waals surface area contributed by atoms with E-state index in [2.05, 4.69) is 10.4 Å². The number of nitrogens with zero attached hydrogens (tertiary/aromatic N) is 1. The van der Waals surface area contributed by atoms with Crippen LogP contribution in [-0.2, 0) is 4.74 Å². The molecule has 3 N–H and O–H groups in total. The van der Waals surface area contributed by atoms with Gasteiger partial charge in [0, 0.05) is 13.3 Å². The zero-order chi connectivity index (χ0) is 14.4. The highest BCUT2D eigenvalue weighted by Crippen LogP contribution is 2.34. The first kappa shape index (κ1) is 15.2. The highest BCUT2D eigenvalue weighted by Gasteiger charge is 2.31. The van der Waals surface area contributed by atoms with Crippen molar-refractivity contribution in [3.63, 3.8) is 0 Å². The highest BCUT2D eigenvalue weighted by molar-refractivity contribution is 5.26. The smallest absolute Gasteiger partial charge is 0.137 e. The van der Waals surface area contributed by atoms with Gasteiger partial charge in [0.25, 0.3) is 0 Å². The van der Waals surface area contributed by atoms with E-state index in [1.807, 2.05) is 12.3 Å². The van der Waals surface area contributed by atoms with Crippen LogP contribution in [0.15, 0.2) is 18.5 Å². The number of hydrogen-bond donors (Lipinski definition) is 2. The van der Waals surface area contributed by atoms with Crippen molar-refractivity contribution < 1.29 is 9.47 Å². The Labute approximate surface area is 120 Å². The van der Waals surface area contributed by atoms with Crippen molar-refractivity contribution in [3.05, 3.63) is 24.0 Å². The average molecular weight is 279 g/mol. The zero-order valence-corrected chi connectivity index (χ0v) is 12.3. The van der Waals surface area contributed by atoms with Crippen molar-refractivity contribution in [2.45, 2.75) is 44.2 Å². The van der Waals surface area contributed by atoms with E-state index in [9.17, 15) is 0 Å². The van der Waals surface area contributed by atoms with Crippen molar-refractivity contribution in [2.24, 2.45) is 11.8 Å². The maximum atomic E-state index is 5.78. The molecular weight excluding hydrogens is 254 g/mol. The number of ether oxygens (including phenoxy) is 2. The minimum Gasteiger partial charge on any atom is -0.495 e. The second kappa shape index (κ2) is 7.57. The van der Waals surface area contributed by atoms with E-state index in [0.717, 1.165) is 11.3 Å². The molecule has 1 aromatic rings. The third-order valence-corrected chi connectivity index (χ3v) is 4.22. The zero-order valence-electron chi connectivity index (χ0n) is 12.3. The van der Waals surface area contributed by atoms with E-state index < -0.39 is 0 Å². The molecule has 0 amide bonds. The minimum absolute atomic E-state index is 0.0641. The van der Waals surface area contributed by atoms with Crippen LogP contribution in [0.1, 0.15) is 43.7 Å². The summed E-state index contributed by atoms with van der Waals surface area (Å²) in [7, 11) is 3.40. The summed E-state index contributed by atoms with van der Waals surface area (Å²) in [4.78, 5) is 4.21. The number of pyridine rings is 1. The predicted octanol–water partition coefficient (Wildman–Crippen LogP) is 2.19. The second-order valence-electron chi connectivity index (χ2n) is 5.40. The number of nitrogens with one attached hydrogen (secondary N) is 1. The van der Waals surface area contributed by atoms with E-state index in [1.165, 1.54) is 32.1 Å². The van der Waals surface area contributed by atoms with Crippen molar-refractivity contribution in [1.82, 2.24) is 10.4 Å². The molecule has 5 heteroatoms. The van der Waals surface area contributed by atoms with Crippen LogP contribution < -0.4 is 16.0 Å². The molecule has 1 aliphatic rings. The summed E-state index contributed by atoms with van der Waals surface area (Å²) in [5.41, 5.74) is 3.90. The normalized spacial score (nSPS) is 19.6. The van der Waals surface area contributed by atoms with Gasteiger partial charge in [-0.2, -0.15) is 0 Å². The maximum absolute atomic E-state index is 5.78. The second-order valence-corrected chi connectivity index (χ2v) is 5.40. The third kappa shape index (κ3) is 3.48. The molecule has 2 atom stereocenters. The fourth-order valence-corrected chi connectivity index (χ4v) is 3.16. The summed E-state index contributed by atoms with van der Waals surface area (Å²) in [5, 5.41) is 0. The summed E-state index contributed by atoms with van der Waals surface area (Å²) in [5.74, 6) is 7.06. The van der Waals surface area contributed by atoms with Gasteiger partial charge >= 0.3 is 0 Å². The maximum Gasteiger partial charge on any atom is 0.137 e. The largest absolute Gasteiger partial charge is 0.495 e. The van der Waals surface area contributed by atoms with Gasteiger partial charge in [-0.05, 0) is 30.4 Å². The first-order valence-electron chi connectivity index (χ1n) is 7.28. The number of nitrogens with two attached hydrogens (primary N) is 1. The molecule has 5 nitrogen and oxygen atoms in total. The Bertz CT molecular complexity index is 408. The lowest BCUT2D eigenvalue weighted by atomic mass is 9.81. The molecule has 1 aliphatic carbocycles. The van der Waals surface area contributed by atoms with Crippen molar-refractivity contribution in [1.29, 1.82) is 0 Å². The van der Waals surface area contributed by atoms with E-state index >= 15 is 0 Å². The van der Waals surface area contributed by atoms with Crippen LogP contribution in [0.3, 0.4) is 0 Å². The lowest BCUT2D eigenvalue weighted by Crippen LogP contribution is -2.42. The Morgan fingerprint density at radius 3 is 2.60 bits per heavy atom. The number of hydrogen-bond acceptors (Lipinski definition) is 5. The molecule has 0 saturated heterocycles. The molecule has 0 aromatic carbocycles. The molecule has 1 fully saturated rings. The van der Waals surface area contributed by atoms with Gasteiger partial charge in [0.15, 0.2) is 0 Å². The summed E-state index contributed by atoms with van der Waals surface area (Å²) < 4.78 is 11.0. The van der Waals surface area contributed by atoms with Crippen molar-refractivity contribution in [2.75, 3.05) is 14.2 Å². The van der Waals surface area contributed by atoms with Crippen LogP contribution in [0.2, 0.25) is 0 Å². The van der Waals surface area contributed by atoms with Crippen LogP contribution in [0.5, 0.6) is 5.75 Å². The molecule has 2 rings (SSSR count). The van der Waals surface area contributed by atoms with Gasteiger partial charge in [-0.3, -0.25) is 16.3 Å². The highest BCUT2D eigenvalue weighted by atomic mass is 16.5. The van der Waals surface area contributed by atoms with E-state index in [4.69, 9.17) is 15.3 Å². The Hall–Kier alpha value is -1.17. The standard InChI is InChI=1S/C15H25N3O2/c1-19-13-8-12(9-17-10-13)14(18-16)15(20-2)11-6-4-3-5-7-11/h8-11,14-15,18H,3-7,16H2,1-2H3. The van der Waals surface area contributed by atoms with Gasteiger partial charge in [-0.1, -0.05) is 19.3 Å². The van der Waals surface area contributed by atoms with Gasteiger partial charge in [0.05, 0.1) is 25.5 Å². The van der Waals surface area contributed by atoms with Crippen LogP contribution in [0.4, 0.5) is 0 Å². The summed E-state index contributed by atoms with van der Waals surface area (Å²) in [6, 6.07) is 1.90. The fourth-order valence-electron chi connectivity index (χ4n) is 3.16. The van der Waals surface area contributed by atoms with Gasteiger partial charge in [0.2, 0.25) is 0 Å². The van der Waals surface area contributed by atoms with Crippen molar-refractivity contribution in [3.8, 4) is 5.75 Å². The molecule has 0 bridgehead atoms. The molecule has 0 spiro atoms. The monoisotopic (exact) mass is 279 g/mol. The summed E-state index contributed by atoms with van der Waals surface area (Å²) in [6.07, 6.45) is 9.86. The van der Waals surface area contributed by atoms with E-state index in [0.29, 0.717) is 5.92 Å². The molecular formula is C15H25N3O2. The predicted molar refractivity (Wildman–Crippen MR) is 78.2 cm³/mol. The van der Waals surface area contributed by atoms with Crippen molar-refractivity contribution >= 4 is 0 Å². The Balaban J connectivity index is 2.18. The quantitative estimate of drug-likeness (QED) is 0.617. The lowest BCUT2D eigenvalue weighted by Gasteiger charge is -2.34. The third-order valence-electron chi connectivity index (χ3n) is 4.22. The SMILES string of the molecule is COc1cncc(C(NN)C(OC)C2CCCCC2)c1. The molecule has 2 unspecified atom stereocenters. The molecule has 20 heavy (non-hydrogen) atoms. The Morgan fingerprint density at radius 1 is 1.25 bits per heavy atom. The van der Waals surface area contributed by atoms with Gasteiger partial charge in [-0.25, -0.2) is 0 Å². The first-order valence-corrected chi connectivity index (χ1v) is 7.28. The van der Waals surface area contributed by atoms with Crippen LogP contribution >= 0.6 is 0 Å². The van der Waals surface area contributed by atoms with Crippen LogP contribution in [0.25, 0.3) is 0 Å². The first-order chi connectivity index (χ1) is 9.80. The van der Waals surface area contributed by atoms with E-state index in [1.54, 1.807) is 20.4 Å². The fraction of sp³-hybridized carbons (Fsp3) is 0.667. The number of methoxy groups -OCH3 is 2.